The van der Waals surface area contributed by atoms with Crippen LogP contribution in [-0.2, 0) is 9.47 Å². The van der Waals surface area contributed by atoms with E-state index in [-0.39, 0.29) is 24.3 Å². The monoisotopic (exact) mass is 286 g/mol. The third kappa shape index (κ3) is 5.67. The van der Waals surface area contributed by atoms with Crippen LogP contribution in [0.1, 0.15) is 41.0 Å². The van der Waals surface area contributed by atoms with Crippen molar-refractivity contribution in [1.82, 2.24) is 10.2 Å². The second kappa shape index (κ2) is 8.47. The molecule has 1 aliphatic rings. The number of nitrogens with one attached hydrogen (secondary N) is 1. The number of amides is 2. The standard InChI is InChI=1S/C15H30N2O3/c1-6-19-14(11(2)3)7-8-16-15(18)17-9-12(4)20-13(5)10-17/h11-14H,6-10H2,1-5H3,(H,16,18)/t12-,13-,14+/m0/s1. The molecule has 5 nitrogen and oxygen atoms in total. The Morgan fingerprint density at radius 1 is 1.35 bits per heavy atom. The fourth-order valence-electron chi connectivity index (χ4n) is 2.60. The molecule has 3 atom stereocenters. The van der Waals surface area contributed by atoms with Gasteiger partial charge in [0.1, 0.15) is 0 Å². The molecule has 0 aromatic heterocycles. The van der Waals surface area contributed by atoms with Crippen molar-refractivity contribution in [2.45, 2.75) is 59.4 Å². The van der Waals surface area contributed by atoms with Gasteiger partial charge in [-0.15, -0.1) is 0 Å². The molecular formula is C15H30N2O3. The highest BCUT2D eigenvalue weighted by Crippen LogP contribution is 2.12. The summed E-state index contributed by atoms with van der Waals surface area (Å²) >= 11 is 0. The minimum absolute atomic E-state index is 0.00556. The zero-order valence-corrected chi connectivity index (χ0v) is 13.5. The van der Waals surface area contributed by atoms with Gasteiger partial charge in [0.2, 0.25) is 0 Å². The zero-order valence-electron chi connectivity index (χ0n) is 13.5. The number of hydrogen-bond donors (Lipinski definition) is 1. The van der Waals surface area contributed by atoms with Crippen LogP contribution in [0.4, 0.5) is 4.79 Å². The predicted molar refractivity (Wildman–Crippen MR) is 79.8 cm³/mol. The van der Waals surface area contributed by atoms with Crippen LogP contribution in [0, 0.1) is 5.92 Å². The Labute approximate surface area is 123 Å². The topological polar surface area (TPSA) is 50.8 Å². The number of carbonyl (C=O) groups excluding carboxylic acids is 1. The van der Waals surface area contributed by atoms with Crippen molar-refractivity contribution >= 4 is 6.03 Å². The van der Waals surface area contributed by atoms with Crippen molar-refractivity contribution in [2.24, 2.45) is 5.92 Å². The molecule has 1 saturated heterocycles. The molecule has 0 radical (unpaired) electrons. The first-order valence-electron chi connectivity index (χ1n) is 7.73. The minimum Gasteiger partial charge on any atom is -0.378 e. The third-order valence-electron chi connectivity index (χ3n) is 3.54. The Kier molecular flexibility index (Phi) is 7.30. The summed E-state index contributed by atoms with van der Waals surface area (Å²) < 4.78 is 11.3. The zero-order chi connectivity index (χ0) is 15.1. The van der Waals surface area contributed by atoms with Gasteiger partial charge in [0.15, 0.2) is 0 Å². The Morgan fingerprint density at radius 3 is 2.45 bits per heavy atom. The van der Waals surface area contributed by atoms with Gasteiger partial charge in [-0.25, -0.2) is 4.79 Å². The van der Waals surface area contributed by atoms with Crippen molar-refractivity contribution in [3.8, 4) is 0 Å². The van der Waals surface area contributed by atoms with Gasteiger partial charge in [-0.2, -0.15) is 0 Å². The molecule has 1 aliphatic heterocycles. The molecule has 5 heteroatoms. The molecular weight excluding hydrogens is 256 g/mol. The smallest absolute Gasteiger partial charge is 0.317 e. The highest BCUT2D eigenvalue weighted by molar-refractivity contribution is 5.74. The number of urea groups is 1. The molecule has 118 valence electrons. The van der Waals surface area contributed by atoms with Crippen LogP contribution in [0.2, 0.25) is 0 Å². The van der Waals surface area contributed by atoms with E-state index in [2.05, 4.69) is 19.2 Å². The van der Waals surface area contributed by atoms with E-state index in [1.54, 1.807) is 0 Å². The molecule has 1 rings (SSSR count). The van der Waals surface area contributed by atoms with Crippen LogP contribution in [0.3, 0.4) is 0 Å². The van der Waals surface area contributed by atoms with E-state index in [9.17, 15) is 4.79 Å². The second-order valence-corrected chi connectivity index (χ2v) is 5.92. The molecule has 0 aromatic rings. The normalized spacial score (nSPS) is 24.8. The summed E-state index contributed by atoms with van der Waals surface area (Å²) in [6.07, 6.45) is 1.28. The van der Waals surface area contributed by atoms with Gasteiger partial charge in [-0.05, 0) is 33.1 Å². The summed E-state index contributed by atoms with van der Waals surface area (Å²) in [7, 11) is 0. The minimum atomic E-state index is 0.00556. The first kappa shape index (κ1) is 17.2. The molecule has 2 amide bonds. The Bertz CT molecular complexity index is 287. The average Bonchev–Trinajstić information content (AvgIpc) is 2.36. The van der Waals surface area contributed by atoms with Gasteiger partial charge in [-0.3, -0.25) is 0 Å². The molecule has 1 heterocycles. The molecule has 0 bridgehead atoms. The van der Waals surface area contributed by atoms with E-state index < -0.39 is 0 Å². The summed E-state index contributed by atoms with van der Waals surface area (Å²) in [4.78, 5) is 14.0. The summed E-state index contributed by atoms with van der Waals surface area (Å²) in [6, 6.07) is 0.00556. The lowest BCUT2D eigenvalue weighted by atomic mass is 10.0. The fraction of sp³-hybridized carbons (Fsp3) is 0.933. The van der Waals surface area contributed by atoms with E-state index >= 15 is 0 Å². The number of morpholine rings is 1. The van der Waals surface area contributed by atoms with E-state index in [1.807, 2.05) is 25.7 Å². The first-order valence-corrected chi connectivity index (χ1v) is 7.73. The maximum absolute atomic E-state index is 12.1. The van der Waals surface area contributed by atoms with E-state index in [1.165, 1.54) is 0 Å². The molecule has 0 aromatic carbocycles. The summed E-state index contributed by atoms with van der Waals surface area (Å²) in [5.74, 6) is 0.468. The van der Waals surface area contributed by atoms with Gasteiger partial charge in [0.25, 0.3) is 0 Å². The van der Waals surface area contributed by atoms with Crippen molar-refractivity contribution in [3.05, 3.63) is 0 Å². The van der Waals surface area contributed by atoms with Gasteiger partial charge in [0, 0.05) is 26.2 Å². The molecule has 1 fully saturated rings. The van der Waals surface area contributed by atoms with Crippen LogP contribution >= 0.6 is 0 Å². The maximum Gasteiger partial charge on any atom is 0.317 e. The Morgan fingerprint density at radius 2 is 1.95 bits per heavy atom. The summed E-state index contributed by atoms with van der Waals surface area (Å²) in [5, 5.41) is 2.99. The lowest BCUT2D eigenvalue weighted by molar-refractivity contribution is -0.0546. The predicted octanol–water partition coefficient (Wildman–Crippen LogP) is 2.26. The van der Waals surface area contributed by atoms with Crippen LogP contribution in [0.5, 0.6) is 0 Å². The Hall–Kier alpha value is -0.810. The lowest BCUT2D eigenvalue weighted by Crippen LogP contribution is -2.52. The number of ether oxygens (including phenoxy) is 2. The van der Waals surface area contributed by atoms with Crippen LogP contribution in [-0.4, -0.2) is 55.5 Å². The van der Waals surface area contributed by atoms with Crippen LogP contribution in [0.15, 0.2) is 0 Å². The number of nitrogens with zero attached hydrogens (tertiary/aromatic N) is 1. The Balaban J connectivity index is 2.31. The van der Waals surface area contributed by atoms with Crippen LogP contribution < -0.4 is 5.32 Å². The maximum atomic E-state index is 12.1. The summed E-state index contributed by atoms with van der Waals surface area (Å²) in [5.41, 5.74) is 0. The van der Waals surface area contributed by atoms with Crippen molar-refractivity contribution in [1.29, 1.82) is 0 Å². The quantitative estimate of drug-likeness (QED) is 0.815. The van der Waals surface area contributed by atoms with E-state index in [0.29, 0.717) is 25.6 Å². The SMILES string of the molecule is CCO[C@H](CCNC(=O)N1C[C@H](C)O[C@@H](C)C1)C(C)C. The third-order valence-corrected chi connectivity index (χ3v) is 3.54. The molecule has 0 saturated carbocycles. The van der Waals surface area contributed by atoms with Crippen molar-refractivity contribution in [2.75, 3.05) is 26.2 Å². The molecule has 0 unspecified atom stereocenters. The van der Waals surface area contributed by atoms with Crippen LogP contribution in [0.25, 0.3) is 0 Å². The van der Waals surface area contributed by atoms with E-state index in [4.69, 9.17) is 9.47 Å². The lowest BCUT2D eigenvalue weighted by Gasteiger charge is -2.35. The van der Waals surface area contributed by atoms with E-state index in [0.717, 1.165) is 13.0 Å². The average molecular weight is 286 g/mol. The number of rotatable bonds is 6. The molecule has 20 heavy (non-hydrogen) atoms. The fourth-order valence-corrected chi connectivity index (χ4v) is 2.60. The van der Waals surface area contributed by atoms with Gasteiger partial charge in [0.05, 0.1) is 18.3 Å². The number of carbonyl (C=O) groups is 1. The molecule has 0 spiro atoms. The highest BCUT2D eigenvalue weighted by Gasteiger charge is 2.25. The summed E-state index contributed by atoms with van der Waals surface area (Å²) in [6.45, 7) is 13.0. The highest BCUT2D eigenvalue weighted by atomic mass is 16.5. The molecule has 1 N–H and O–H groups in total. The van der Waals surface area contributed by atoms with Crippen molar-refractivity contribution in [3.63, 3.8) is 0 Å². The first-order chi connectivity index (χ1) is 9.43. The van der Waals surface area contributed by atoms with Gasteiger partial charge >= 0.3 is 6.03 Å². The van der Waals surface area contributed by atoms with Gasteiger partial charge < -0.3 is 19.7 Å². The largest absolute Gasteiger partial charge is 0.378 e. The van der Waals surface area contributed by atoms with Gasteiger partial charge in [-0.1, -0.05) is 13.8 Å². The second-order valence-electron chi connectivity index (χ2n) is 5.92. The number of hydrogen-bond acceptors (Lipinski definition) is 3. The molecule has 0 aliphatic carbocycles. The van der Waals surface area contributed by atoms with Crippen molar-refractivity contribution < 1.29 is 14.3 Å².